The van der Waals surface area contributed by atoms with Crippen LogP contribution in [0.2, 0.25) is 0 Å². The second-order valence-electron chi connectivity index (χ2n) is 8.25. The maximum atomic E-state index is 14.5. The molecule has 1 aromatic rings. The van der Waals surface area contributed by atoms with Gasteiger partial charge < -0.3 is 4.74 Å². The van der Waals surface area contributed by atoms with E-state index in [1.54, 1.807) is 25.1 Å². The van der Waals surface area contributed by atoms with Crippen molar-refractivity contribution in [1.29, 1.82) is 0 Å². The zero-order chi connectivity index (χ0) is 19.4. The number of halogens is 3. The van der Waals surface area contributed by atoms with Crippen molar-refractivity contribution >= 4 is 0 Å². The summed E-state index contributed by atoms with van der Waals surface area (Å²) in [5.74, 6) is 0.212. The topological polar surface area (TPSA) is 9.23 Å². The zero-order valence-corrected chi connectivity index (χ0v) is 16.4. The number of ether oxygens (including phenoxy) is 1. The fraction of sp³-hybridized carbons (Fsp3) is 0.652. The number of allylic oxidation sites excluding steroid dienone is 2. The van der Waals surface area contributed by atoms with Crippen molar-refractivity contribution in [2.24, 2.45) is 17.8 Å². The van der Waals surface area contributed by atoms with E-state index < -0.39 is 11.6 Å². The lowest BCUT2D eigenvalue weighted by Gasteiger charge is -2.37. The van der Waals surface area contributed by atoms with Crippen LogP contribution in [0.1, 0.15) is 76.7 Å². The van der Waals surface area contributed by atoms with E-state index in [0.717, 1.165) is 51.4 Å². The summed E-state index contributed by atoms with van der Waals surface area (Å²) in [6.07, 6.45) is 10.2. The fourth-order valence-corrected chi connectivity index (χ4v) is 5.14. The van der Waals surface area contributed by atoms with Crippen LogP contribution in [0, 0.1) is 29.4 Å². The minimum absolute atomic E-state index is 0.00163. The van der Waals surface area contributed by atoms with Crippen LogP contribution in [0.25, 0.3) is 0 Å². The summed E-state index contributed by atoms with van der Waals surface area (Å²) in [7, 11) is 0. The molecule has 0 amide bonds. The second-order valence-corrected chi connectivity index (χ2v) is 8.25. The van der Waals surface area contributed by atoms with E-state index in [-0.39, 0.29) is 17.5 Å². The quantitative estimate of drug-likeness (QED) is 0.520. The van der Waals surface area contributed by atoms with Crippen LogP contribution in [-0.4, -0.2) is 6.61 Å². The first-order chi connectivity index (χ1) is 13.0. The van der Waals surface area contributed by atoms with Crippen molar-refractivity contribution in [3.63, 3.8) is 0 Å². The first kappa shape index (κ1) is 20.3. The summed E-state index contributed by atoms with van der Waals surface area (Å²) >= 11 is 0. The fourth-order valence-electron chi connectivity index (χ4n) is 5.14. The molecular formula is C23H31F3O. The summed E-state index contributed by atoms with van der Waals surface area (Å²) in [6, 6.07) is 3.26. The molecule has 0 radical (unpaired) electrons. The van der Waals surface area contributed by atoms with E-state index in [9.17, 15) is 13.2 Å². The Morgan fingerprint density at radius 1 is 0.963 bits per heavy atom. The predicted octanol–water partition coefficient (Wildman–Crippen LogP) is 7.32. The molecule has 0 aliphatic heterocycles. The Morgan fingerprint density at radius 2 is 1.56 bits per heavy atom. The van der Waals surface area contributed by atoms with E-state index in [2.05, 4.69) is 0 Å². The van der Waals surface area contributed by atoms with E-state index in [1.807, 2.05) is 0 Å². The van der Waals surface area contributed by atoms with Gasteiger partial charge in [-0.25, -0.2) is 8.78 Å². The number of benzene rings is 1. The lowest BCUT2D eigenvalue weighted by atomic mass is 9.68. The summed E-state index contributed by atoms with van der Waals surface area (Å²) in [6.45, 7) is 3.61. The maximum Gasteiger partial charge on any atom is 0.200 e. The Hall–Kier alpha value is -1.45. The molecule has 150 valence electrons. The Morgan fingerprint density at radius 3 is 2.11 bits per heavy atom. The molecule has 1 aromatic carbocycles. The molecule has 0 heterocycles. The highest BCUT2D eigenvalue weighted by atomic mass is 19.2. The molecule has 2 saturated carbocycles. The number of hydrogen-bond acceptors (Lipinski definition) is 1. The van der Waals surface area contributed by atoms with Gasteiger partial charge in [-0.2, -0.15) is 4.39 Å². The maximum absolute atomic E-state index is 14.5. The van der Waals surface area contributed by atoms with E-state index in [0.29, 0.717) is 29.9 Å². The smallest absolute Gasteiger partial charge is 0.200 e. The minimum atomic E-state index is -0.856. The summed E-state index contributed by atoms with van der Waals surface area (Å²) in [5.41, 5.74) is 0.502. The molecule has 1 nitrogen and oxygen atoms in total. The van der Waals surface area contributed by atoms with Crippen molar-refractivity contribution in [2.45, 2.75) is 71.1 Å². The van der Waals surface area contributed by atoms with E-state index in [1.165, 1.54) is 6.92 Å². The SMILES string of the molecule is CCOc1ccc(C2CCC(C3CCC(C=C(C)F)CC3)CC2)c(F)c1F. The predicted molar refractivity (Wildman–Crippen MR) is 103 cm³/mol. The van der Waals surface area contributed by atoms with Gasteiger partial charge >= 0.3 is 0 Å². The molecule has 0 saturated heterocycles. The Labute approximate surface area is 161 Å². The van der Waals surface area contributed by atoms with Crippen molar-refractivity contribution in [1.82, 2.24) is 0 Å². The Balaban J connectivity index is 1.55. The van der Waals surface area contributed by atoms with Gasteiger partial charge in [-0.15, -0.1) is 0 Å². The van der Waals surface area contributed by atoms with Crippen LogP contribution in [0.4, 0.5) is 13.2 Å². The van der Waals surface area contributed by atoms with Crippen molar-refractivity contribution in [3.05, 3.63) is 41.2 Å². The minimum Gasteiger partial charge on any atom is -0.491 e. The molecule has 3 rings (SSSR count). The van der Waals surface area contributed by atoms with Crippen LogP contribution in [-0.2, 0) is 0 Å². The molecule has 0 spiro atoms. The first-order valence-electron chi connectivity index (χ1n) is 10.4. The second kappa shape index (κ2) is 9.16. The van der Waals surface area contributed by atoms with Gasteiger partial charge in [-0.3, -0.25) is 0 Å². The molecule has 0 N–H and O–H groups in total. The third kappa shape index (κ3) is 4.89. The Kier molecular flexibility index (Phi) is 6.88. The molecule has 4 heteroatoms. The first-order valence-corrected chi connectivity index (χ1v) is 10.4. The van der Waals surface area contributed by atoms with Gasteiger partial charge in [0.05, 0.1) is 12.4 Å². The molecule has 0 aromatic heterocycles. The monoisotopic (exact) mass is 380 g/mol. The van der Waals surface area contributed by atoms with Crippen LogP contribution < -0.4 is 4.74 Å². The highest BCUT2D eigenvalue weighted by Crippen LogP contribution is 2.45. The third-order valence-corrected chi connectivity index (χ3v) is 6.54. The largest absolute Gasteiger partial charge is 0.491 e. The molecule has 2 fully saturated rings. The van der Waals surface area contributed by atoms with Crippen molar-refractivity contribution in [2.75, 3.05) is 6.61 Å². The summed E-state index contributed by atoms with van der Waals surface area (Å²) in [5, 5.41) is 0. The average Bonchev–Trinajstić information content (AvgIpc) is 2.66. The van der Waals surface area contributed by atoms with Crippen LogP contribution in [0.15, 0.2) is 24.0 Å². The Bertz CT molecular complexity index is 650. The van der Waals surface area contributed by atoms with Gasteiger partial charge in [-0.05, 0) is 101 Å². The lowest BCUT2D eigenvalue weighted by molar-refractivity contribution is 0.170. The van der Waals surface area contributed by atoms with E-state index >= 15 is 0 Å². The molecule has 2 aliphatic rings. The summed E-state index contributed by atoms with van der Waals surface area (Å²) < 4.78 is 46.9. The number of hydrogen-bond donors (Lipinski definition) is 0. The molecule has 27 heavy (non-hydrogen) atoms. The van der Waals surface area contributed by atoms with Gasteiger partial charge in [0.2, 0.25) is 5.82 Å². The highest BCUT2D eigenvalue weighted by Gasteiger charge is 2.32. The molecular weight excluding hydrogens is 349 g/mol. The molecule has 0 atom stereocenters. The van der Waals surface area contributed by atoms with Gasteiger partial charge in [0, 0.05) is 0 Å². The standard InChI is InChI=1S/C23H31F3O/c1-3-27-21-13-12-20(22(25)23(21)26)19-10-8-18(9-11-19)17-6-4-16(5-7-17)14-15(2)24/h12-14,16-19H,3-11H2,1-2H3. The van der Waals surface area contributed by atoms with Crippen molar-refractivity contribution in [3.8, 4) is 5.75 Å². The van der Waals surface area contributed by atoms with Gasteiger partial charge in [0.1, 0.15) is 0 Å². The zero-order valence-electron chi connectivity index (χ0n) is 16.4. The number of rotatable bonds is 5. The van der Waals surface area contributed by atoms with Crippen molar-refractivity contribution < 1.29 is 17.9 Å². The molecule has 2 aliphatic carbocycles. The normalized spacial score (nSPS) is 29.6. The average molecular weight is 380 g/mol. The van der Waals surface area contributed by atoms with Crippen LogP contribution >= 0.6 is 0 Å². The highest BCUT2D eigenvalue weighted by molar-refractivity contribution is 5.33. The molecule has 0 unspecified atom stereocenters. The van der Waals surface area contributed by atoms with E-state index in [4.69, 9.17) is 4.74 Å². The molecule has 0 bridgehead atoms. The van der Waals surface area contributed by atoms with Crippen LogP contribution in [0.3, 0.4) is 0 Å². The lowest BCUT2D eigenvalue weighted by Crippen LogP contribution is -2.25. The summed E-state index contributed by atoms with van der Waals surface area (Å²) in [4.78, 5) is 0. The van der Waals surface area contributed by atoms with Gasteiger partial charge in [0.15, 0.2) is 11.6 Å². The van der Waals surface area contributed by atoms with Gasteiger partial charge in [-0.1, -0.05) is 12.1 Å². The third-order valence-electron chi connectivity index (χ3n) is 6.54. The van der Waals surface area contributed by atoms with Crippen LogP contribution in [0.5, 0.6) is 5.75 Å². The van der Waals surface area contributed by atoms with Gasteiger partial charge in [0.25, 0.3) is 0 Å².